The Morgan fingerprint density at radius 1 is 1.00 bits per heavy atom. The van der Waals surface area contributed by atoms with Crippen molar-refractivity contribution in [3.05, 3.63) is 60.1 Å². The molecule has 0 amide bonds. The summed E-state index contributed by atoms with van der Waals surface area (Å²) in [5, 5.41) is 0. The second kappa shape index (κ2) is 7.17. The Morgan fingerprint density at radius 3 is 2.19 bits per heavy atom. The number of carbonyl (C=O) groups excluding carboxylic acids is 2. The van der Waals surface area contributed by atoms with Crippen molar-refractivity contribution in [2.75, 3.05) is 0 Å². The summed E-state index contributed by atoms with van der Waals surface area (Å²) in [5.41, 5.74) is 1.08. The monoisotopic (exact) mass is 216 g/mol. The fraction of sp³-hybridized carbons (Fsp3) is 0.0769. The summed E-state index contributed by atoms with van der Waals surface area (Å²) >= 11 is 0. The molecule has 0 atom stereocenters. The van der Waals surface area contributed by atoms with Crippen LogP contribution in [0.5, 0.6) is 0 Å². The zero-order valence-corrected chi connectivity index (χ0v) is 8.71. The van der Waals surface area contributed by atoms with Gasteiger partial charge in [-0.2, -0.15) is 0 Å². The highest BCUT2D eigenvalue weighted by Gasteiger charge is 1.85. The molecule has 0 fully saturated rings. The Balaban J connectivity index is 0.000000165. The van der Waals surface area contributed by atoms with E-state index in [1.807, 2.05) is 30.3 Å². The van der Waals surface area contributed by atoms with E-state index in [0.29, 0.717) is 18.5 Å². The minimum Gasteiger partial charge on any atom is -0.462 e. The lowest BCUT2D eigenvalue weighted by Gasteiger charge is -1.89. The van der Waals surface area contributed by atoms with Crippen LogP contribution in [-0.2, 0) is 11.2 Å². The smallest absolute Gasteiger partial charge is 0.185 e. The van der Waals surface area contributed by atoms with Gasteiger partial charge in [-0.3, -0.25) is 4.79 Å². The number of hydrogen-bond donors (Lipinski definition) is 0. The van der Waals surface area contributed by atoms with Crippen molar-refractivity contribution in [1.29, 1.82) is 0 Å². The normalized spacial score (nSPS) is 8.75. The molecule has 0 aliphatic heterocycles. The molecular weight excluding hydrogens is 204 g/mol. The molecule has 2 rings (SSSR count). The molecule has 0 unspecified atom stereocenters. The van der Waals surface area contributed by atoms with Crippen LogP contribution in [-0.4, -0.2) is 12.6 Å². The fourth-order valence-corrected chi connectivity index (χ4v) is 1.07. The van der Waals surface area contributed by atoms with Gasteiger partial charge in [0.2, 0.25) is 0 Å². The minimum absolute atomic E-state index is 0.375. The van der Waals surface area contributed by atoms with Gasteiger partial charge in [0.1, 0.15) is 6.29 Å². The van der Waals surface area contributed by atoms with Gasteiger partial charge in [-0.05, 0) is 17.7 Å². The van der Waals surface area contributed by atoms with Crippen LogP contribution in [0, 0.1) is 0 Å². The van der Waals surface area contributed by atoms with Crippen molar-refractivity contribution in [1.82, 2.24) is 0 Å². The van der Waals surface area contributed by atoms with Crippen LogP contribution in [0.3, 0.4) is 0 Å². The second-order valence-corrected chi connectivity index (χ2v) is 2.99. The van der Waals surface area contributed by atoms with E-state index in [1.54, 1.807) is 12.1 Å². The molecule has 0 aliphatic rings. The molecule has 82 valence electrons. The van der Waals surface area contributed by atoms with Crippen LogP contribution < -0.4 is 0 Å². The Kier molecular flexibility index (Phi) is 5.34. The molecule has 0 bridgehead atoms. The zero-order valence-electron chi connectivity index (χ0n) is 8.71. The van der Waals surface area contributed by atoms with Gasteiger partial charge in [0.25, 0.3) is 0 Å². The van der Waals surface area contributed by atoms with Crippen molar-refractivity contribution in [3.63, 3.8) is 0 Å². The maximum Gasteiger partial charge on any atom is 0.185 e. The predicted molar refractivity (Wildman–Crippen MR) is 60.3 cm³/mol. The molecule has 0 aliphatic carbocycles. The quantitative estimate of drug-likeness (QED) is 0.740. The Bertz CT molecular complexity index is 404. The summed E-state index contributed by atoms with van der Waals surface area (Å²) in [4.78, 5) is 19.7. The van der Waals surface area contributed by atoms with E-state index in [2.05, 4.69) is 4.42 Å². The standard InChI is InChI=1S/C8H8O.C5H4O2/c9-7-6-8-4-2-1-3-5-8;6-4-5-2-1-3-7-5/h1-5,7H,6H2;1-4H. The third kappa shape index (κ3) is 4.37. The highest BCUT2D eigenvalue weighted by Crippen LogP contribution is 1.96. The lowest BCUT2D eigenvalue weighted by Crippen LogP contribution is -1.82. The van der Waals surface area contributed by atoms with Crippen molar-refractivity contribution >= 4 is 12.6 Å². The Labute approximate surface area is 93.7 Å². The Morgan fingerprint density at radius 2 is 1.75 bits per heavy atom. The van der Waals surface area contributed by atoms with Crippen molar-refractivity contribution in [3.8, 4) is 0 Å². The number of benzene rings is 1. The third-order valence-electron chi connectivity index (χ3n) is 1.82. The minimum atomic E-state index is 0.375. The molecular formula is C13H12O3. The van der Waals surface area contributed by atoms with Gasteiger partial charge in [0, 0.05) is 6.42 Å². The first kappa shape index (κ1) is 11.9. The molecule has 0 spiro atoms. The van der Waals surface area contributed by atoms with Crippen molar-refractivity contribution < 1.29 is 14.0 Å². The van der Waals surface area contributed by atoms with Gasteiger partial charge in [-0.25, -0.2) is 0 Å². The lowest BCUT2D eigenvalue weighted by atomic mass is 10.2. The summed E-state index contributed by atoms with van der Waals surface area (Å²) in [7, 11) is 0. The highest BCUT2D eigenvalue weighted by molar-refractivity contribution is 5.69. The van der Waals surface area contributed by atoms with E-state index in [-0.39, 0.29) is 0 Å². The maximum absolute atomic E-state index is 9.97. The number of hydrogen-bond acceptors (Lipinski definition) is 3. The van der Waals surface area contributed by atoms with Crippen LogP contribution in [0.1, 0.15) is 16.1 Å². The summed E-state index contributed by atoms with van der Waals surface area (Å²) in [6.07, 6.45) is 3.57. The molecule has 1 aromatic heterocycles. The predicted octanol–water partition coefficient (Wildman–Crippen LogP) is 2.52. The van der Waals surface area contributed by atoms with E-state index in [1.165, 1.54) is 6.26 Å². The lowest BCUT2D eigenvalue weighted by molar-refractivity contribution is -0.107. The number of rotatable bonds is 3. The first-order chi connectivity index (χ1) is 7.86. The second-order valence-electron chi connectivity index (χ2n) is 2.99. The maximum atomic E-state index is 9.97. The van der Waals surface area contributed by atoms with Crippen molar-refractivity contribution in [2.45, 2.75) is 6.42 Å². The summed E-state index contributed by atoms with van der Waals surface area (Å²) in [6.45, 7) is 0. The van der Waals surface area contributed by atoms with Crippen LogP contribution in [0.15, 0.2) is 53.1 Å². The number of aldehydes is 2. The Hall–Kier alpha value is -2.16. The molecule has 0 N–H and O–H groups in total. The molecule has 3 nitrogen and oxygen atoms in total. The van der Waals surface area contributed by atoms with Gasteiger partial charge >= 0.3 is 0 Å². The molecule has 3 heteroatoms. The van der Waals surface area contributed by atoms with Gasteiger partial charge in [0.05, 0.1) is 6.26 Å². The van der Waals surface area contributed by atoms with E-state index < -0.39 is 0 Å². The average Bonchev–Trinajstić information content (AvgIpc) is 2.84. The summed E-state index contributed by atoms with van der Waals surface area (Å²) in [5.74, 6) is 0.375. The fourth-order valence-electron chi connectivity index (χ4n) is 1.07. The third-order valence-corrected chi connectivity index (χ3v) is 1.82. The molecule has 1 aromatic carbocycles. The number of carbonyl (C=O) groups is 2. The summed E-state index contributed by atoms with van der Waals surface area (Å²) in [6, 6.07) is 12.9. The zero-order chi connectivity index (χ0) is 11.6. The molecule has 2 aromatic rings. The van der Waals surface area contributed by atoms with Crippen molar-refractivity contribution in [2.24, 2.45) is 0 Å². The first-order valence-electron chi connectivity index (χ1n) is 4.83. The molecule has 0 saturated carbocycles. The molecule has 1 heterocycles. The molecule has 0 saturated heterocycles. The van der Waals surface area contributed by atoms with E-state index in [9.17, 15) is 9.59 Å². The number of furan rings is 1. The molecule has 16 heavy (non-hydrogen) atoms. The SMILES string of the molecule is O=CCc1ccccc1.O=Cc1ccco1. The van der Waals surface area contributed by atoms with E-state index in [4.69, 9.17) is 0 Å². The van der Waals surface area contributed by atoms with Crippen LogP contribution >= 0.6 is 0 Å². The highest BCUT2D eigenvalue weighted by atomic mass is 16.3. The average molecular weight is 216 g/mol. The van der Waals surface area contributed by atoms with Gasteiger partial charge in [0.15, 0.2) is 12.0 Å². The van der Waals surface area contributed by atoms with Crippen LogP contribution in [0.4, 0.5) is 0 Å². The van der Waals surface area contributed by atoms with Gasteiger partial charge < -0.3 is 9.21 Å². The molecule has 0 radical (unpaired) electrons. The van der Waals surface area contributed by atoms with Crippen LogP contribution in [0.25, 0.3) is 0 Å². The largest absolute Gasteiger partial charge is 0.462 e. The van der Waals surface area contributed by atoms with Crippen LogP contribution in [0.2, 0.25) is 0 Å². The summed E-state index contributed by atoms with van der Waals surface area (Å²) < 4.78 is 4.61. The van der Waals surface area contributed by atoms with E-state index in [0.717, 1.165) is 11.8 Å². The van der Waals surface area contributed by atoms with Gasteiger partial charge in [-0.1, -0.05) is 30.3 Å². The topological polar surface area (TPSA) is 47.3 Å². The van der Waals surface area contributed by atoms with Gasteiger partial charge in [-0.15, -0.1) is 0 Å². The first-order valence-corrected chi connectivity index (χ1v) is 4.83. The van der Waals surface area contributed by atoms with E-state index >= 15 is 0 Å².